The number of benzene rings is 2. The van der Waals surface area contributed by atoms with Crippen LogP contribution in [-0.4, -0.2) is 26.8 Å². The zero-order valence-electron chi connectivity index (χ0n) is 16.2. The molecule has 1 atom stereocenters. The molecule has 0 saturated carbocycles. The lowest BCUT2D eigenvalue weighted by Gasteiger charge is -2.20. The van der Waals surface area contributed by atoms with Gasteiger partial charge < -0.3 is 5.32 Å². The number of rotatable bonds is 6. The Bertz CT molecular complexity index is 1020. The van der Waals surface area contributed by atoms with Gasteiger partial charge in [0.25, 0.3) is 0 Å². The smallest absolute Gasteiger partial charge is 0.230 e. The minimum Gasteiger partial charge on any atom is -0.349 e. The highest BCUT2D eigenvalue weighted by Gasteiger charge is 2.15. The predicted octanol–water partition coefficient (Wildman–Crippen LogP) is 5.08. The van der Waals surface area contributed by atoms with Gasteiger partial charge in [-0.15, -0.1) is 5.10 Å². The molecular formula is C22H23BrN4OS. The Morgan fingerprint density at radius 3 is 2.83 bits per heavy atom. The van der Waals surface area contributed by atoms with Gasteiger partial charge in [0.05, 0.1) is 11.8 Å². The molecule has 3 aromatic rings. The normalized spacial score (nSPS) is 14.3. The van der Waals surface area contributed by atoms with E-state index in [0.717, 1.165) is 22.0 Å². The maximum Gasteiger partial charge on any atom is 0.230 e. The van der Waals surface area contributed by atoms with Crippen LogP contribution in [-0.2, 0) is 17.6 Å². The van der Waals surface area contributed by atoms with Gasteiger partial charge in [-0.2, -0.15) is 0 Å². The number of halogens is 1. The van der Waals surface area contributed by atoms with Crippen molar-refractivity contribution in [2.45, 2.75) is 43.8 Å². The molecule has 0 saturated heterocycles. The molecule has 1 aliphatic carbocycles. The van der Waals surface area contributed by atoms with Crippen LogP contribution in [0.4, 0.5) is 0 Å². The molecule has 1 heterocycles. The van der Waals surface area contributed by atoms with E-state index in [1.165, 1.54) is 42.2 Å². The van der Waals surface area contributed by atoms with E-state index < -0.39 is 0 Å². The van der Waals surface area contributed by atoms with Crippen LogP contribution in [0.15, 0.2) is 52.1 Å². The molecule has 1 amide bonds. The first-order valence-corrected chi connectivity index (χ1v) is 11.6. The number of nitrogens with zero attached hydrogens (tertiary/aromatic N) is 2. The summed E-state index contributed by atoms with van der Waals surface area (Å²) in [6, 6.07) is 14.4. The Hall–Kier alpha value is -2.12. The second-order valence-electron chi connectivity index (χ2n) is 7.26. The van der Waals surface area contributed by atoms with E-state index in [1.54, 1.807) is 0 Å². The molecular weight excluding hydrogens is 448 g/mol. The number of hydrogen-bond donors (Lipinski definition) is 2. The van der Waals surface area contributed by atoms with Crippen molar-refractivity contribution in [2.75, 3.05) is 5.75 Å². The molecule has 2 N–H and O–H groups in total. The number of thioether (sulfide) groups is 1. The molecule has 0 bridgehead atoms. The SMILES string of the molecule is CC(NC(=O)CSc1n[nH]c(-c2ccccc2Br)n1)c1ccc2c(c1)CCCC2. The Morgan fingerprint density at radius 1 is 1.21 bits per heavy atom. The van der Waals surface area contributed by atoms with Crippen molar-refractivity contribution in [3.63, 3.8) is 0 Å². The minimum atomic E-state index is -0.0209. The Balaban J connectivity index is 1.33. The fraction of sp³-hybridized carbons (Fsp3) is 0.318. The van der Waals surface area contributed by atoms with Crippen LogP contribution >= 0.6 is 27.7 Å². The summed E-state index contributed by atoms with van der Waals surface area (Å²) >= 11 is 4.85. The molecule has 0 aliphatic heterocycles. The van der Waals surface area contributed by atoms with Crippen molar-refractivity contribution in [3.8, 4) is 11.4 Å². The quantitative estimate of drug-likeness (QED) is 0.492. The molecule has 4 rings (SSSR count). The monoisotopic (exact) mass is 470 g/mol. The number of carbonyl (C=O) groups excluding carboxylic acids is 1. The first-order chi connectivity index (χ1) is 14.1. The van der Waals surface area contributed by atoms with Gasteiger partial charge in [0.1, 0.15) is 0 Å². The molecule has 0 spiro atoms. The van der Waals surface area contributed by atoms with E-state index in [-0.39, 0.29) is 17.7 Å². The summed E-state index contributed by atoms with van der Waals surface area (Å²) in [6.45, 7) is 2.03. The van der Waals surface area contributed by atoms with E-state index >= 15 is 0 Å². The van der Waals surface area contributed by atoms with Gasteiger partial charge in [0.15, 0.2) is 5.82 Å². The van der Waals surface area contributed by atoms with Crippen molar-refractivity contribution >= 4 is 33.6 Å². The standard InChI is InChI=1S/C22H23BrN4OS/c1-14(16-11-10-15-6-2-3-7-17(15)12-16)24-20(28)13-29-22-25-21(26-27-22)18-8-4-5-9-19(18)23/h4-5,8-12,14H,2-3,6-7,13H2,1H3,(H,24,28)(H,25,26,27). The van der Waals surface area contributed by atoms with Crippen LogP contribution in [0.3, 0.4) is 0 Å². The van der Waals surface area contributed by atoms with Crippen LogP contribution in [0.1, 0.15) is 42.5 Å². The molecule has 5 nitrogen and oxygen atoms in total. The first kappa shape index (κ1) is 20.2. The zero-order chi connectivity index (χ0) is 20.2. The van der Waals surface area contributed by atoms with E-state index in [2.05, 4.69) is 54.6 Å². The average Bonchev–Trinajstić information content (AvgIpc) is 3.21. The number of aryl methyl sites for hydroxylation is 2. The van der Waals surface area contributed by atoms with Crippen molar-refractivity contribution in [1.82, 2.24) is 20.5 Å². The highest BCUT2D eigenvalue weighted by Crippen LogP contribution is 2.27. The number of carbonyl (C=O) groups is 1. The highest BCUT2D eigenvalue weighted by atomic mass is 79.9. The zero-order valence-corrected chi connectivity index (χ0v) is 18.6. The van der Waals surface area contributed by atoms with Gasteiger partial charge in [0.2, 0.25) is 11.1 Å². The van der Waals surface area contributed by atoms with E-state index in [1.807, 2.05) is 31.2 Å². The summed E-state index contributed by atoms with van der Waals surface area (Å²) in [4.78, 5) is 16.9. The molecule has 0 radical (unpaired) electrons. The summed E-state index contributed by atoms with van der Waals surface area (Å²) in [5.74, 6) is 0.943. The van der Waals surface area contributed by atoms with Gasteiger partial charge in [0, 0.05) is 10.0 Å². The first-order valence-electron chi connectivity index (χ1n) is 9.81. The fourth-order valence-corrected chi connectivity index (χ4v) is 4.69. The number of aromatic amines is 1. The third-order valence-corrected chi connectivity index (χ3v) is 6.72. The van der Waals surface area contributed by atoms with E-state index in [4.69, 9.17) is 0 Å². The summed E-state index contributed by atoms with van der Waals surface area (Å²) in [5, 5.41) is 10.8. The molecule has 29 heavy (non-hydrogen) atoms. The predicted molar refractivity (Wildman–Crippen MR) is 120 cm³/mol. The summed E-state index contributed by atoms with van der Waals surface area (Å²) in [5.41, 5.74) is 5.00. The third kappa shape index (κ3) is 4.90. The van der Waals surface area contributed by atoms with Gasteiger partial charge in [-0.1, -0.05) is 64.1 Å². The summed E-state index contributed by atoms with van der Waals surface area (Å²) in [6.07, 6.45) is 4.85. The largest absolute Gasteiger partial charge is 0.349 e. The van der Waals surface area contributed by atoms with Gasteiger partial charge in [-0.05, 0) is 55.4 Å². The number of amides is 1. The van der Waals surface area contributed by atoms with E-state index in [0.29, 0.717) is 11.0 Å². The Kier molecular flexibility index (Phi) is 6.35. The maximum absolute atomic E-state index is 12.4. The summed E-state index contributed by atoms with van der Waals surface area (Å²) < 4.78 is 0.948. The molecule has 150 valence electrons. The van der Waals surface area contributed by atoms with Crippen molar-refractivity contribution < 1.29 is 4.79 Å². The number of H-pyrrole nitrogens is 1. The fourth-order valence-electron chi connectivity index (χ4n) is 3.60. The highest BCUT2D eigenvalue weighted by molar-refractivity contribution is 9.10. The minimum absolute atomic E-state index is 0.0155. The van der Waals surface area contributed by atoms with Crippen molar-refractivity contribution in [2.24, 2.45) is 0 Å². The number of aromatic nitrogens is 3. The van der Waals surface area contributed by atoms with Crippen LogP contribution in [0, 0.1) is 0 Å². The molecule has 2 aromatic carbocycles. The topological polar surface area (TPSA) is 70.7 Å². The Morgan fingerprint density at radius 2 is 2.00 bits per heavy atom. The lowest BCUT2D eigenvalue weighted by atomic mass is 9.89. The lowest BCUT2D eigenvalue weighted by molar-refractivity contribution is -0.119. The molecule has 1 aliphatic rings. The van der Waals surface area contributed by atoms with Crippen LogP contribution in [0.5, 0.6) is 0 Å². The van der Waals surface area contributed by atoms with Gasteiger partial charge in [-0.3, -0.25) is 9.89 Å². The second-order valence-corrected chi connectivity index (χ2v) is 9.06. The van der Waals surface area contributed by atoms with Crippen molar-refractivity contribution in [3.05, 3.63) is 63.6 Å². The molecule has 1 unspecified atom stereocenters. The molecule has 7 heteroatoms. The Labute approximate surface area is 183 Å². The number of hydrogen-bond acceptors (Lipinski definition) is 4. The third-order valence-electron chi connectivity index (χ3n) is 5.18. The van der Waals surface area contributed by atoms with Crippen LogP contribution in [0.2, 0.25) is 0 Å². The molecule has 0 fully saturated rings. The number of nitrogens with one attached hydrogen (secondary N) is 2. The van der Waals surface area contributed by atoms with Gasteiger partial charge >= 0.3 is 0 Å². The van der Waals surface area contributed by atoms with Crippen molar-refractivity contribution in [1.29, 1.82) is 0 Å². The summed E-state index contributed by atoms with van der Waals surface area (Å²) in [7, 11) is 0. The van der Waals surface area contributed by atoms with Gasteiger partial charge in [-0.25, -0.2) is 4.98 Å². The average molecular weight is 471 g/mol. The number of fused-ring (bicyclic) bond motifs is 1. The van der Waals surface area contributed by atoms with E-state index in [9.17, 15) is 4.79 Å². The maximum atomic E-state index is 12.4. The van der Waals surface area contributed by atoms with Crippen LogP contribution < -0.4 is 5.32 Å². The van der Waals surface area contributed by atoms with Crippen LogP contribution in [0.25, 0.3) is 11.4 Å². The molecule has 1 aromatic heterocycles. The lowest BCUT2D eigenvalue weighted by Crippen LogP contribution is -2.28. The second kappa shape index (κ2) is 9.13.